The van der Waals surface area contributed by atoms with E-state index >= 15 is 0 Å². The van der Waals surface area contributed by atoms with Crippen molar-refractivity contribution in [1.82, 2.24) is 4.90 Å². The Morgan fingerprint density at radius 2 is 2.31 bits per heavy atom. The Balaban J connectivity index is 2.05. The molecular weight excluding hydrogens is 202 g/mol. The third-order valence-corrected chi connectivity index (χ3v) is 2.89. The van der Waals surface area contributed by atoms with E-state index in [0.717, 1.165) is 18.7 Å². The van der Waals surface area contributed by atoms with Gasteiger partial charge in [0, 0.05) is 19.5 Å². The summed E-state index contributed by atoms with van der Waals surface area (Å²) in [7, 11) is 2.02. The van der Waals surface area contributed by atoms with Crippen molar-refractivity contribution in [2.75, 3.05) is 20.2 Å². The molecule has 3 heteroatoms. The van der Waals surface area contributed by atoms with E-state index in [1.165, 1.54) is 11.1 Å². The minimum Gasteiger partial charge on any atom is -0.490 e. The first-order valence-corrected chi connectivity index (χ1v) is 5.77. The van der Waals surface area contributed by atoms with Gasteiger partial charge in [-0.15, -0.1) is 0 Å². The number of hydrogen-bond acceptors (Lipinski definition) is 3. The SMILES string of the molecule is CC1Cc2cc(CN(C)CCO)ccc2O1. The van der Waals surface area contributed by atoms with Crippen LogP contribution in [0.1, 0.15) is 18.1 Å². The highest BCUT2D eigenvalue weighted by Gasteiger charge is 2.18. The number of hydrogen-bond donors (Lipinski definition) is 1. The van der Waals surface area contributed by atoms with Crippen molar-refractivity contribution in [3.63, 3.8) is 0 Å². The topological polar surface area (TPSA) is 32.7 Å². The molecule has 0 aromatic heterocycles. The van der Waals surface area contributed by atoms with Crippen molar-refractivity contribution in [2.45, 2.75) is 26.0 Å². The zero-order valence-electron chi connectivity index (χ0n) is 9.94. The Morgan fingerprint density at radius 3 is 3.06 bits per heavy atom. The largest absolute Gasteiger partial charge is 0.490 e. The summed E-state index contributed by atoms with van der Waals surface area (Å²) in [6.07, 6.45) is 1.31. The smallest absolute Gasteiger partial charge is 0.123 e. The maximum atomic E-state index is 8.84. The zero-order chi connectivity index (χ0) is 11.5. The highest BCUT2D eigenvalue weighted by atomic mass is 16.5. The molecule has 1 aromatic carbocycles. The van der Waals surface area contributed by atoms with Gasteiger partial charge < -0.3 is 9.84 Å². The van der Waals surface area contributed by atoms with Gasteiger partial charge in [-0.1, -0.05) is 12.1 Å². The van der Waals surface area contributed by atoms with Gasteiger partial charge in [-0.3, -0.25) is 4.90 Å². The predicted octanol–water partition coefficient (Wildman–Crippen LogP) is 1.43. The van der Waals surface area contributed by atoms with Crippen molar-refractivity contribution in [3.05, 3.63) is 29.3 Å². The number of nitrogens with zero attached hydrogens (tertiary/aromatic N) is 1. The van der Waals surface area contributed by atoms with E-state index in [2.05, 4.69) is 30.0 Å². The quantitative estimate of drug-likeness (QED) is 0.835. The van der Waals surface area contributed by atoms with Gasteiger partial charge in [0.05, 0.1) is 6.61 Å². The molecule has 0 fully saturated rings. The number of ether oxygens (including phenoxy) is 1. The number of aliphatic hydroxyl groups is 1. The van der Waals surface area contributed by atoms with E-state index in [-0.39, 0.29) is 6.61 Å². The third kappa shape index (κ3) is 2.54. The maximum absolute atomic E-state index is 8.84. The maximum Gasteiger partial charge on any atom is 0.123 e. The predicted molar refractivity (Wildman–Crippen MR) is 63.7 cm³/mol. The van der Waals surface area contributed by atoms with Gasteiger partial charge in [0.1, 0.15) is 11.9 Å². The number of aliphatic hydroxyl groups excluding tert-OH is 1. The average molecular weight is 221 g/mol. The van der Waals surface area contributed by atoms with Crippen LogP contribution in [-0.2, 0) is 13.0 Å². The molecule has 88 valence electrons. The van der Waals surface area contributed by atoms with E-state index < -0.39 is 0 Å². The first-order valence-electron chi connectivity index (χ1n) is 5.77. The van der Waals surface area contributed by atoms with Crippen LogP contribution in [-0.4, -0.2) is 36.3 Å². The second-order valence-electron chi connectivity index (χ2n) is 4.54. The molecule has 1 aliphatic heterocycles. The molecule has 1 unspecified atom stereocenters. The lowest BCUT2D eigenvalue weighted by Gasteiger charge is -2.15. The van der Waals surface area contributed by atoms with Crippen LogP contribution in [0.4, 0.5) is 0 Å². The fourth-order valence-electron chi connectivity index (χ4n) is 2.14. The summed E-state index contributed by atoms with van der Waals surface area (Å²) in [5.74, 6) is 1.03. The molecule has 0 spiro atoms. The lowest BCUT2D eigenvalue weighted by molar-refractivity contribution is 0.217. The monoisotopic (exact) mass is 221 g/mol. The van der Waals surface area contributed by atoms with E-state index in [9.17, 15) is 0 Å². The second-order valence-corrected chi connectivity index (χ2v) is 4.54. The van der Waals surface area contributed by atoms with E-state index in [1.807, 2.05) is 7.05 Å². The molecule has 16 heavy (non-hydrogen) atoms. The van der Waals surface area contributed by atoms with Crippen molar-refractivity contribution in [2.24, 2.45) is 0 Å². The summed E-state index contributed by atoms with van der Waals surface area (Å²) < 4.78 is 5.66. The summed E-state index contributed by atoms with van der Waals surface area (Å²) in [6.45, 7) is 3.89. The lowest BCUT2D eigenvalue weighted by Crippen LogP contribution is -2.21. The highest BCUT2D eigenvalue weighted by Crippen LogP contribution is 2.29. The van der Waals surface area contributed by atoms with Gasteiger partial charge in [-0.25, -0.2) is 0 Å². The molecule has 1 aromatic rings. The average Bonchev–Trinajstić information content (AvgIpc) is 2.57. The Labute approximate surface area is 96.6 Å². The van der Waals surface area contributed by atoms with Gasteiger partial charge in [-0.05, 0) is 31.2 Å². The summed E-state index contributed by atoms with van der Waals surface area (Å²) in [5, 5.41) is 8.84. The van der Waals surface area contributed by atoms with Gasteiger partial charge in [-0.2, -0.15) is 0 Å². The Kier molecular flexibility index (Phi) is 3.46. The molecule has 3 nitrogen and oxygen atoms in total. The molecule has 2 rings (SSSR count). The molecule has 1 aliphatic rings. The Morgan fingerprint density at radius 1 is 1.50 bits per heavy atom. The van der Waals surface area contributed by atoms with Crippen LogP contribution in [0.15, 0.2) is 18.2 Å². The van der Waals surface area contributed by atoms with Crippen LogP contribution < -0.4 is 4.74 Å². The molecule has 0 saturated heterocycles. The standard InChI is InChI=1S/C13H19NO2/c1-10-7-12-8-11(3-4-13(12)16-10)9-14(2)5-6-15/h3-4,8,10,15H,5-7,9H2,1-2H3. The lowest BCUT2D eigenvalue weighted by atomic mass is 10.1. The van der Waals surface area contributed by atoms with Crippen molar-refractivity contribution in [1.29, 1.82) is 0 Å². The normalized spacial score (nSPS) is 18.6. The fraction of sp³-hybridized carbons (Fsp3) is 0.538. The number of fused-ring (bicyclic) bond motifs is 1. The van der Waals surface area contributed by atoms with Crippen LogP contribution in [0.25, 0.3) is 0 Å². The summed E-state index contributed by atoms with van der Waals surface area (Å²) in [5.41, 5.74) is 2.59. The first-order chi connectivity index (χ1) is 7.69. The van der Waals surface area contributed by atoms with Crippen molar-refractivity contribution < 1.29 is 9.84 Å². The van der Waals surface area contributed by atoms with Gasteiger partial charge in [0.25, 0.3) is 0 Å². The molecule has 1 N–H and O–H groups in total. The number of likely N-dealkylation sites (N-methyl/N-ethyl adjacent to an activating group) is 1. The first kappa shape index (κ1) is 11.4. The van der Waals surface area contributed by atoms with Crippen molar-refractivity contribution in [3.8, 4) is 5.75 Å². The molecule has 1 atom stereocenters. The van der Waals surface area contributed by atoms with Crippen LogP contribution in [0.5, 0.6) is 5.75 Å². The van der Waals surface area contributed by atoms with Crippen LogP contribution in [0.3, 0.4) is 0 Å². The molecule has 1 heterocycles. The third-order valence-electron chi connectivity index (χ3n) is 2.89. The molecular formula is C13H19NO2. The summed E-state index contributed by atoms with van der Waals surface area (Å²) >= 11 is 0. The van der Waals surface area contributed by atoms with Gasteiger partial charge in [0.15, 0.2) is 0 Å². The minimum atomic E-state index is 0.210. The Hall–Kier alpha value is -1.06. The summed E-state index contributed by atoms with van der Waals surface area (Å²) in [6, 6.07) is 6.37. The number of benzene rings is 1. The van der Waals surface area contributed by atoms with Crippen LogP contribution in [0.2, 0.25) is 0 Å². The minimum absolute atomic E-state index is 0.210. The van der Waals surface area contributed by atoms with E-state index in [4.69, 9.17) is 9.84 Å². The van der Waals surface area contributed by atoms with Gasteiger partial charge in [0.2, 0.25) is 0 Å². The van der Waals surface area contributed by atoms with E-state index in [1.54, 1.807) is 0 Å². The molecule has 0 saturated carbocycles. The molecule has 0 bridgehead atoms. The van der Waals surface area contributed by atoms with Crippen LogP contribution >= 0.6 is 0 Å². The molecule has 0 amide bonds. The zero-order valence-corrected chi connectivity index (χ0v) is 9.94. The second kappa shape index (κ2) is 4.85. The number of rotatable bonds is 4. The van der Waals surface area contributed by atoms with Crippen LogP contribution in [0, 0.1) is 0 Å². The van der Waals surface area contributed by atoms with Gasteiger partial charge >= 0.3 is 0 Å². The fourth-order valence-corrected chi connectivity index (χ4v) is 2.14. The Bertz CT molecular complexity index is 365. The highest BCUT2D eigenvalue weighted by molar-refractivity contribution is 5.40. The molecule has 0 radical (unpaired) electrons. The molecule has 0 aliphatic carbocycles. The van der Waals surface area contributed by atoms with Crippen molar-refractivity contribution >= 4 is 0 Å². The van der Waals surface area contributed by atoms with E-state index in [0.29, 0.717) is 12.6 Å². The summed E-state index contributed by atoms with van der Waals surface area (Å²) in [4.78, 5) is 2.11.